The van der Waals surface area contributed by atoms with Gasteiger partial charge in [0.05, 0.1) is 4.92 Å². The largest absolute Gasteiger partial charge is 0.372 e. The SMILES string of the molecule is CC1=C(P(=O)(O)O)N2C(=O)[C@H](N=Cc3ccc([N+](=O)[O-])cc3)[C@H]2SC1. The van der Waals surface area contributed by atoms with Gasteiger partial charge in [-0.15, -0.1) is 11.8 Å². The number of thioether (sulfide) groups is 1. The number of benzene rings is 1. The van der Waals surface area contributed by atoms with E-state index in [0.29, 0.717) is 16.9 Å². The molecule has 132 valence electrons. The van der Waals surface area contributed by atoms with Crippen molar-refractivity contribution in [3.8, 4) is 0 Å². The lowest BCUT2D eigenvalue weighted by Crippen LogP contribution is -2.63. The summed E-state index contributed by atoms with van der Waals surface area (Å²) in [5.41, 5.74) is 0.821. The normalized spacial score (nSPS) is 23.6. The van der Waals surface area contributed by atoms with Gasteiger partial charge in [-0.3, -0.25) is 29.4 Å². The smallest absolute Gasteiger partial charge is 0.320 e. The highest BCUT2D eigenvalue weighted by Gasteiger charge is 2.54. The highest BCUT2D eigenvalue weighted by Crippen LogP contribution is 2.56. The van der Waals surface area contributed by atoms with E-state index in [1.165, 1.54) is 42.2 Å². The van der Waals surface area contributed by atoms with Gasteiger partial charge >= 0.3 is 7.60 Å². The van der Waals surface area contributed by atoms with E-state index in [1.54, 1.807) is 6.92 Å². The number of aliphatic imine (C=N–C) groups is 1. The molecule has 0 radical (unpaired) electrons. The Labute approximate surface area is 146 Å². The number of carbonyl (C=O) groups excluding carboxylic acids is 1. The number of non-ortho nitro benzene ring substituents is 1. The van der Waals surface area contributed by atoms with Crippen LogP contribution in [0.4, 0.5) is 5.69 Å². The standard InChI is InChI=1S/C14H14N3O6PS/c1-8-7-25-14-11(12(18)16(14)13(8)24(21,22)23)15-6-9-2-4-10(5-3-9)17(19)20/h2-6,11,14H,7H2,1H3,(H2,21,22,23)/t11-,14+/m0/s1. The second kappa shape index (κ2) is 6.38. The van der Waals surface area contributed by atoms with Crippen LogP contribution in [0.25, 0.3) is 0 Å². The summed E-state index contributed by atoms with van der Waals surface area (Å²) in [6.07, 6.45) is 1.44. The first-order chi connectivity index (χ1) is 11.7. The summed E-state index contributed by atoms with van der Waals surface area (Å²) in [7, 11) is -4.54. The monoisotopic (exact) mass is 383 g/mol. The van der Waals surface area contributed by atoms with Crippen molar-refractivity contribution in [2.75, 3.05) is 5.75 Å². The number of nitrogens with zero attached hydrogens (tertiary/aromatic N) is 3. The Hall–Kier alpha value is -2.00. The van der Waals surface area contributed by atoms with Crippen LogP contribution in [0.15, 0.2) is 40.3 Å². The lowest BCUT2D eigenvalue weighted by atomic mass is 10.1. The van der Waals surface area contributed by atoms with Crippen molar-refractivity contribution in [3.63, 3.8) is 0 Å². The number of hydrogen-bond acceptors (Lipinski definition) is 6. The second-order valence-electron chi connectivity index (χ2n) is 5.63. The Morgan fingerprint density at radius 3 is 2.60 bits per heavy atom. The van der Waals surface area contributed by atoms with E-state index in [2.05, 4.69) is 4.99 Å². The Kier molecular flexibility index (Phi) is 4.54. The number of rotatable bonds is 4. The fourth-order valence-electron chi connectivity index (χ4n) is 2.69. The maximum absolute atomic E-state index is 12.3. The number of nitro groups is 1. The molecule has 1 saturated heterocycles. The molecular formula is C14H14N3O6PS. The Morgan fingerprint density at radius 2 is 2.04 bits per heavy atom. The van der Waals surface area contributed by atoms with E-state index >= 15 is 0 Å². The quantitative estimate of drug-likeness (QED) is 0.266. The molecule has 3 rings (SSSR count). The zero-order valence-electron chi connectivity index (χ0n) is 13.0. The maximum Gasteiger partial charge on any atom is 0.372 e. The summed E-state index contributed by atoms with van der Waals surface area (Å²) in [6.45, 7) is 1.60. The molecule has 9 nitrogen and oxygen atoms in total. The van der Waals surface area contributed by atoms with E-state index in [9.17, 15) is 29.3 Å². The molecule has 2 aliphatic rings. The zero-order valence-corrected chi connectivity index (χ0v) is 14.7. The molecule has 0 aromatic heterocycles. The molecule has 25 heavy (non-hydrogen) atoms. The summed E-state index contributed by atoms with van der Waals surface area (Å²) in [5, 5.41) is 10.2. The van der Waals surface area contributed by atoms with E-state index < -0.39 is 29.8 Å². The second-order valence-corrected chi connectivity index (χ2v) is 8.25. The molecule has 2 atom stereocenters. The predicted octanol–water partition coefficient (Wildman–Crippen LogP) is 1.71. The number of nitro benzene ring substituents is 1. The van der Waals surface area contributed by atoms with Crippen LogP contribution in [0.1, 0.15) is 12.5 Å². The Balaban J connectivity index is 1.78. The summed E-state index contributed by atoms with van der Waals surface area (Å²) in [6, 6.07) is 4.98. The predicted molar refractivity (Wildman–Crippen MR) is 92.3 cm³/mol. The van der Waals surface area contributed by atoms with Crippen molar-refractivity contribution in [3.05, 3.63) is 51.0 Å². The number of fused-ring (bicyclic) bond motifs is 1. The van der Waals surface area contributed by atoms with E-state index in [-0.39, 0.29) is 11.1 Å². The maximum atomic E-state index is 12.3. The van der Waals surface area contributed by atoms with E-state index in [4.69, 9.17) is 0 Å². The van der Waals surface area contributed by atoms with Gasteiger partial charge in [0.15, 0.2) is 6.04 Å². The average Bonchev–Trinajstić information content (AvgIpc) is 2.54. The minimum absolute atomic E-state index is 0.0437. The minimum Gasteiger partial charge on any atom is -0.320 e. The van der Waals surface area contributed by atoms with Crippen molar-refractivity contribution in [2.45, 2.75) is 18.3 Å². The lowest BCUT2D eigenvalue weighted by molar-refractivity contribution is -0.384. The highest BCUT2D eigenvalue weighted by atomic mass is 32.2. The number of hydrogen-bond donors (Lipinski definition) is 2. The van der Waals surface area contributed by atoms with Crippen LogP contribution >= 0.6 is 19.4 Å². The molecule has 0 unspecified atom stereocenters. The molecule has 1 amide bonds. The first-order valence-electron chi connectivity index (χ1n) is 7.18. The zero-order chi connectivity index (χ0) is 18.4. The molecule has 1 fully saturated rings. The molecule has 0 aliphatic carbocycles. The first-order valence-corrected chi connectivity index (χ1v) is 9.84. The van der Waals surface area contributed by atoms with Crippen LogP contribution in [0, 0.1) is 10.1 Å². The minimum atomic E-state index is -4.54. The molecule has 1 aromatic carbocycles. The summed E-state index contributed by atoms with van der Waals surface area (Å²) >= 11 is 1.40. The molecule has 0 saturated carbocycles. The lowest BCUT2D eigenvalue weighted by Gasteiger charge is -2.48. The van der Waals surface area contributed by atoms with Crippen molar-refractivity contribution in [2.24, 2.45) is 4.99 Å². The molecule has 2 heterocycles. The molecule has 11 heteroatoms. The number of amides is 1. The topological polar surface area (TPSA) is 133 Å². The van der Waals surface area contributed by atoms with Gasteiger partial charge in [0, 0.05) is 24.1 Å². The molecule has 0 bridgehead atoms. The summed E-state index contributed by atoms with van der Waals surface area (Å²) < 4.78 is 11.6. The van der Waals surface area contributed by atoms with Crippen LogP contribution in [0.2, 0.25) is 0 Å². The average molecular weight is 383 g/mol. The van der Waals surface area contributed by atoms with Gasteiger partial charge < -0.3 is 9.79 Å². The first kappa shape index (κ1) is 17.8. The van der Waals surface area contributed by atoms with Gasteiger partial charge in [0.2, 0.25) is 0 Å². The Bertz CT molecular complexity index is 847. The van der Waals surface area contributed by atoms with Crippen LogP contribution in [0.3, 0.4) is 0 Å². The summed E-state index contributed by atoms with van der Waals surface area (Å²) in [5.74, 6) is -0.0497. The summed E-state index contributed by atoms with van der Waals surface area (Å²) in [4.78, 5) is 46.7. The molecule has 2 N–H and O–H groups in total. The Morgan fingerprint density at radius 1 is 1.40 bits per heavy atom. The van der Waals surface area contributed by atoms with Gasteiger partial charge in [-0.25, -0.2) is 0 Å². The van der Waals surface area contributed by atoms with Crippen LogP contribution < -0.4 is 0 Å². The van der Waals surface area contributed by atoms with Crippen molar-refractivity contribution >= 4 is 37.2 Å². The fraction of sp³-hybridized carbons (Fsp3) is 0.286. The third kappa shape index (κ3) is 3.25. The van der Waals surface area contributed by atoms with Gasteiger partial charge in [0.1, 0.15) is 10.8 Å². The molecule has 1 aromatic rings. The van der Waals surface area contributed by atoms with Gasteiger partial charge in [0.25, 0.3) is 11.6 Å². The highest BCUT2D eigenvalue weighted by molar-refractivity contribution is 8.00. The van der Waals surface area contributed by atoms with Gasteiger partial charge in [-0.2, -0.15) is 0 Å². The van der Waals surface area contributed by atoms with Crippen molar-refractivity contribution < 1.29 is 24.1 Å². The van der Waals surface area contributed by atoms with Gasteiger partial charge in [-0.1, -0.05) is 0 Å². The van der Waals surface area contributed by atoms with Gasteiger partial charge in [-0.05, 0) is 30.2 Å². The van der Waals surface area contributed by atoms with Crippen LogP contribution in [-0.2, 0) is 9.36 Å². The number of β-lactam (4-membered cyclic amide) rings is 1. The molecular weight excluding hydrogens is 369 g/mol. The third-order valence-corrected chi connectivity index (χ3v) is 6.42. The molecule has 0 spiro atoms. The van der Waals surface area contributed by atoms with Crippen molar-refractivity contribution in [1.82, 2.24) is 4.90 Å². The fourth-order valence-corrected chi connectivity index (χ4v) is 5.24. The molecule has 2 aliphatic heterocycles. The van der Waals surface area contributed by atoms with E-state index in [1.807, 2.05) is 0 Å². The van der Waals surface area contributed by atoms with Crippen molar-refractivity contribution in [1.29, 1.82) is 0 Å². The third-order valence-electron chi connectivity index (χ3n) is 3.86. The van der Waals surface area contributed by atoms with E-state index in [0.717, 1.165) is 4.90 Å². The number of carbonyl (C=O) groups is 1. The van der Waals surface area contributed by atoms with Crippen LogP contribution in [-0.4, -0.2) is 48.9 Å². The van der Waals surface area contributed by atoms with Crippen LogP contribution in [0.5, 0.6) is 0 Å².